The van der Waals surface area contributed by atoms with Crippen LogP contribution in [0.2, 0.25) is 0 Å². The van der Waals surface area contributed by atoms with Crippen LogP contribution in [0, 0.1) is 0 Å². The van der Waals surface area contributed by atoms with Gasteiger partial charge in [0.05, 0.1) is 11.8 Å². The van der Waals surface area contributed by atoms with Crippen LogP contribution in [0.4, 0.5) is 5.13 Å². The highest BCUT2D eigenvalue weighted by Crippen LogP contribution is 2.24. The van der Waals surface area contributed by atoms with E-state index in [-0.39, 0.29) is 18.4 Å². The van der Waals surface area contributed by atoms with E-state index in [1.807, 2.05) is 31.4 Å². The molecule has 0 unspecified atom stereocenters. The topological polar surface area (TPSA) is 107 Å². The number of fused-ring (bicyclic) bond motifs is 1. The Morgan fingerprint density at radius 3 is 2.97 bits per heavy atom. The Balaban J connectivity index is 1.39. The summed E-state index contributed by atoms with van der Waals surface area (Å²) in [4.78, 5) is 20.9. The number of rotatable bonds is 7. The Bertz CT molecular complexity index is 1120. The van der Waals surface area contributed by atoms with E-state index in [0.29, 0.717) is 28.9 Å². The molecule has 29 heavy (non-hydrogen) atoms. The molecule has 0 spiro atoms. The highest BCUT2D eigenvalue weighted by Gasteiger charge is 2.13. The first-order valence-electron chi connectivity index (χ1n) is 9.12. The Kier molecular flexibility index (Phi) is 5.43. The molecule has 0 saturated carbocycles. The summed E-state index contributed by atoms with van der Waals surface area (Å²) in [6.45, 7) is 3.86. The Hall–Kier alpha value is -3.40. The first-order valence-corrected chi connectivity index (χ1v) is 10.0. The number of pyridine rings is 1. The molecule has 0 fully saturated rings. The van der Waals surface area contributed by atoms with Crippen LogP contribution < -0.4 is 10.1 Å². The molecular weight excluding hydrogens is 390 g/mol. The molecule has 0 radical (unpaired) electrons. The Morgan fingerprint density at radius 2 is 2.17 bits per heavy atom. The zero-order chi connectivity index (χ0) is 20.2. The van der Waals surface area contributed by atoms with Crippen molar-refractivity contribution in [2.24, 2.45) is 0 Å². The average molecular weight is 409 g/mol. The minimum absolute atomic E-state index is 0.0144. The standard InChI is InChI=1S/C19H19N7O2S/c1-12(2)28-18-8-6-16-24-23-15(26(16)25-18)5-7-17(27)22-19-21-14(11-29-19)13-4-3-9-20-10-13/h3-4,6,8-12H,5,7H2,1-2H3,(H,21,22,27). The largest absolute Gasteiger partial charge is 0.474 e. The van der Waals surface area contributed by atoms with Crippen LogP contribution in [-0.4, -0.2) is 41.8 Å². The number of anilines is 1. The maximum atomic E-state index is 12.3. The second-order valence-electron chi connectivity index (χ2n) is 6.55. The van der Waals surface area contributed by atoms with E-state index in [2.05, 4.69) is 30.6 Å². The molecule has 1 amide bonds. The molecule has 4 heterocycles. The monoisotopic (exact) mass is 409 g/mol. The van der Waals surface area contributed by atoms with Gasteiger partial charge in [0.1, 0.15) is 0 Å². The number of carbonyl (C=O) groups excluding carboxylic acids is 1. The highest BCUT2D eigenvalue weighted by atomic mass is 32.1. The van der Waals surface area contributed by atoms with Gasteiger partial charge < -0.3 is 10.1 Å². The van der Waals surface area contributed by atoms with E-state index in [9.17, 15) is 4.79 Å². The number of carbonyl (C=O) groups is 1. The summed E-state index contributed by atoms with van der Waals surface area (Å²) in [5.74, 6) is 0.937. The van der Waals surface area contributed by atoms with Gasteiger partial charge in [-0.25, -0.2) is 4.98 Å². The van der Waals surface area contributed by atoms with E-state index in [4.69, 9.17) is 4.74 Å². The first kappa shape index (κ1) is 18.9. The summed E-state index contributed by atoms with van der Waals surface area (Å²) in [5.41, 5.74) is 2.30. The molecule has 0 bridgehead atoms. The van der Waals surface area contributed by atoms with Gasteiger partial charge in [-0.3, -0.25) is 9.78 Å². The number of amides is 1. The van der Waals surface area contributed by atoms with Crippen LogP contribution in [0.15, 0.2) is 42.0 Å². The van der Waals surface area contributed by atoms with Gasteiger partial charge in [0.25, 0.3) is 0 Å². The number of nitrogens with one attached hydrogen (secondary N) is 1. The van der Waals surface area contributed by atoms with Crippen molar-refractivity contribution in [3.63, 3.8) is 0 Å². The normalized spacial score (nSPS) is 11.1. The number of hydrogen-bond acceptors (Lipinski definition) is 8. The summed E-state index contributed by atoms with van der Waals surface area (Å²) in [7, 11) is 0. The number of ether oxygens (including phenoxy) is 1. The van der Waals surface area contributed by atoms with Crippen molar-refractivity contribution >= 4 is 28.0 Å². The summed E-state index contributed by atoms with van der Waals surface area (Å²) in [5, 5.41) is 17.9. The van der Waals surface area contributed by atoms with Crippen molar-refractivity contribution in [3.8, 4) is 17.1 Å². The fourth-order valence-corrected chi connectivity index (χ4v) is 3.40. The van der Waals surface area contributed by atoms with Crippen LogP contribution in [-0.2, 0) is 11.2 Å². The lowest BCUT2D eigenvalue weighted by Crippen LogP contribution is -2.14. The number of hydrogen-bond donors (Lipinski definition) is 1. The van der Waals surface area contributed by atoms with Gasteiger partial charge in [0.15, 0.2) is 16.6 Å². The van der Waals surface area contributed by atoms with Crippen molar-refractivity contribution < 1.29 is 9.53 Å². The fourth-order valence-electron chi connectivity index (χ4n) is 2.66. The van der Waals surface area contributed by atoms with Crippen molar-refractivity contribution in [2.45, 2.75) is 32.8 Å². The van der Waals surface area contributed by atoms with Crippen LogP contribution in [0.1, 0.15) is 26.1 Å². The van der Waals surface area contributed by atoms with Gasteiger partial charge in [-0.1, -0.05) is 0 Å². The van der Waals surface area contributed by atoms with E-state index in [1.165, 1.54) is 11.3 Å². The van der Waals surface area contributed by atoms with Crippen molar-refractivity contribution in [1.82, 2.24) is 29.8 Å². The van der Waals surface area contributed by atoms with Crippen LogP contribution in [0.5, 0.6) is 5.88 Å². The van der Waals surface area contributed by atoms with Gasteiger partial charge in [-0.05, 0) is 32.0 Å². The SMILES string of the molecule is CC(C)Oc1ccc2nnc(CCC(=O)Nc3nc(-c4cccnc4)cs3)n2n1. The lowest BCUT2D eigenvalue weighted by atomic mass is 10.2. The first-order chi connectivity index (χ1) is 14.1. The quantitative estimate of drug-likeness (QED) is 0.500. The Labute approximate surface area is 170 Å². The van der Waals surface area contributed by atoms with Crippen molar-refractivity contribution in [1.29, 1.82) is 0 Å². The summed E-state index contributed by atoms with van der Waals surface area (Å²) >= 11 is 1.37. The zero-order valence-electron chi connectivity index (χ0n) is 15.9. The van der Waals surface area contributed by atoms with Gasteiger partial charge in [0.2, 0.25) is 11.8 Å². The maximum Gasteiger partial charge on any atom is 0.232 e. The molecule has 0 atom stereocenters. The smallest absolute Gasteiger partial charge is 0.232 e. The average Bonchev–Trinajstić information content (AvgIpc) is 3.33. The third kappa shape index (κ3) is 4.54. The van der Waals surface area contributed by atoms with Gasteiger partial charge in [-0.15, -0.1) is 26.6 Å². The predicted molar refractivity (Wildman–Crippen MR) is 109 cm³/mol. The molecule has 4 aromatic rings. The van der Waals surface area contributed by atoms with Gasteiger partial charge in [-0.2, -0.15) is 4.52 Å². The molecule has 1 N–H and O–H groups in total. The molecule has 0 aromatic carbocycles. The summed E-state index contributed by atoms with van der Waals surface area (Å²) < 4.78 is 7.22. The van der Waals surface area contributed by atoms with Gasteiger partial charge >= 0.3 is 0 Å². The number of aromatic nitrogens is 6. The number of thiazole rings is 1. The van der Waals surface area contributed by atoms with E-state index >= 15 is 0 Å². The minimum atomic E-state index is -0.150. The molecule has 148 valence electrons. The van der Waals surface area contributed by atoms with E-state index in [1.54, 1.807) is 29.0 Å². The predicted octanol–water partition coefficient (Wildman–Crippen LogP) is 3.00. The molecule has 9 nitrogen and oxygen atoms in total. The maximum absolute atomic E-state index is 12.3. The molecular formula is C19H19N7O2S. The number of aryl methyl sites for hydroxylation is 1. The molecule has 4 rings (SSSR count). The number of nitrogens with zero attached hydrogens (tertiary/aromatic N) is 6. The minimum Gasteiger partial charge on any atom is -0.474 e. The molecule has 0 aliphatic carbocycles. The fraction of sp³-hybridized carbons (Fsp3) is 0.263. The third-order valence-corrected chi connectivity index (χ3v) is 4.70. The summed E-state index contributed by atoms with van der Waals surface area (Å²) in [6, 6.07) is 7.31. The van der Waals surface area contributed by atoms with Crippen LogP contribution in [0.3, 0.4) is 0 Å². The molecule has 0 aliphatic rings. The molecule has 10 heteroatoms. The summed E-state index contributed by atoms with van der Waals surface area (Å²) in [6.07, 6.45) is 4.09. The molecule has 4 aromatic heterocycles. The van der Waals surface area contributed by atoms with Crippen molar-refractivity contribution in [2.75, 3.05) is 5.32 Å². The Morgan fingerprint density at radius 1 is 1.28 bits per heavy atom. The van der Waals surface area contributed by atoms with E-state index < -0.39 is 0 Å². The zero-order valence-corrected chi connectivity index (χ0v) is 16.8. The lowest BCUT2D eigenvalue weighted by Gasteiger charge is -2.08. The lowest BCUT2D eigenvalue weighted by molar-refractivity contribution is -0.116. The second kappa shape index (κ2) is 8.31. The molecule has 0 saturated heterocycles. The van der Waals surface area contributed by atoms with Crippen LogP contribution in [0.25, 0.3) is 16.9 Å². The highest BCUT2D eigenvalue weighted by molar-refractivity contribution is 7.14. The van der Waals surface area contributed by atoms with Crippen molar-refractivity contribution in [3.05, 3.63) is 47.9 Å². The third-order valence-electron chi connectivity index (χ3n) is 3.94. The van der Waals surface area contributed by atoms with Gasteiger partial charge in [0, 0.05) is 42.2 Å². The second-order valence-corrected chi connectivity index (χ2v) is 7.41. The van der Waals surface area contributed by atoms with E-state index in [0.717, 1.165) is 11.3 Å². The van der Waals surface area contributed by atoms with Crippen LogP contribution >= 0.6 is 11.3 Å². The molecule has 0 aliphatic heterocycles.